The number of hydrogen-bond donors (Lipinski definition) is 0. The molecule has 2 heterocycles. The fourth-order valence-corrected chi connectivity index (χ4v) is 10.7. The van der Waals surface area contributed by atoms with Crippen molar-refractivity contribution in [3.63, 3.8) is 0 Å². The number of pyridine rings is 2. The first-order valence-corrected chi connectivity index (χ1v) is 19.7. The Bertz CT molecular complexity index is 3490. The maximum Gasteiger partial charge on any atom is 0.0972 e. The van der Waals surface area contributed by atoms with Crippen LogP contribution >= 0.6 is 0 Å². The van der Waals surface area contributed by atoms with Crippen LogP contribution in [-0.2, 0) is 5.41 Å². The van der Waals surface area contributed by atoms with Crippen molar-refractivity contribution in [3.8, 4) is 44.6 Å². The molecule has 2 aromatic heterocycles. The number of rotatable bonds is 2. The third-order valence-corrected chi connectivity index (χ3v) is 12.9. The summed E-state index contributed by atoms with van der Waals surface area (Å²) in [5.74, 6) is 0. The molecule has 0 saturated heterocycles. The third kappa shape index (κ3) is 3.99. The first kappa shape index (κ1) is 30.9. The fourth-order valence-electron chi connectivity index (χ4n) is 10.7. The Morgan fingerprint density at radius 3 is 1.72 bits per heavy atom. The minimum absolute atomic E-state index is 0.494. The van der Waals surface area contributed by atoms with E-state index in [0.717, 1.165) is 38.6 Å². The number of fused-ring (bicyclic) bond motifs is 20. The summed E-state index contributed by atoms with van der Waals surface area (Å²) >= 11 is 0. The molecule has 2 heteroatoms. The lowest BCUT2D eigenvalue weighted by Gasteiger charge is -2.32. The highest BCUT2D eigenvalue weighted by atomic mass is 14.8. The van der Waals surface area contributed by atoms with Crippen LogP contribution in [0.2, 0.25) is 0 Å². The van der Waals surface area contributed by atoms with Crippen molar-refractivity contribution in [1.82, 2.24) is 9.97 Å². The van der Waals surface area contributed by atoms with E-state index in [2.05, 4.69) is 182 Å². The predicted octanol–water partition coefficient (Wildman–Crippen LogP) is 13.9. The summed E-state index contributed by atoms with van der Waals surface area (Å²) in [7, 11) is 0. The lowest BCUT2D eigenvalue weighted by Crippen LogP contribution is -2.26. The Morgan fingerprint density at radius 2 is 0.947 bits per heavy atom. The highest BCUT2D eigenvalue weighted by Gasteiger charge is 2.53. The highest BCUT2D eigenvalue weighted by Crippen LogP contribution is 2.66. The summed E-state index contributed by atoms with van der Waals surface area (Å²) in [6.07, 6.45) is 1.85. The zero-order valence-corrected chi connectivity index (χ0v) is 30.9. The number of benzene rings is 9. The first-order chi connectivity index (χ1) is 28.3. The Balaban J connectivity index is 1.10. The molecule has 11 aromatic rings. The van der Waals surface area contributed by atoms with Crippen molar-refractivity contribution in [3.05, 3.63) is 217 Å². The molecule has 0 atom stereocenters. The topological polar surface area (TPSA) is 25.8 Å². The Morgan fingerprint density at radius 1 is 0.351 bits per heavy atom. The summed E-state index contributed by atoms with van der Waals surface area (Å²) in [6, 6.07) is 69.6. The molecule has 0 aliphatic heterocycles. The molecule has 9 aromatic carbocycles. The van der Waals surface area contributed by atoms with E-state index in [4.69, 9.17) is 9.97 Å². The second kappa shape index (κ2) is 11.3. The SMILES string of the molecule is c1ccc(-c2ccc3ccc4cccnc4c3n2)c(-c2ccc3c4c(ccc3c2)-c2c(c3ccccc3c3ccccc23)C42c3ccccc3-c3ccccc32)c1. The zero-order chi connectivity index (χ0) is 37.2. The molecule has 262 valence electrons. The van der Waals surface area contributed by atoms with Crippen molar-refractivity contribution in [2.45, 2.75) is 5.41 Å². The average molecular weight is 721 g/mol. The Kier molecular flexibility index (Phi) is 6.13. The van der Waals surface area contributed by atoms with E-state index in [-0.39, 0.29) is 0 Å². The molecule has 0 bridgehead atoms. The van der Waals surface area contributed by atoms with E-state index in [0.29, 0.717) is 0 Å². The van der Waals surface area contributed by atoms with Gasteiger partial charge < -0.3 is 0 Å². The third-order valence-electron chi connectivity index (χ3n) is 12.9. The van der Waals surface area contributed by atoms with Gasteiger partial charge in [-0.3, -0.25) is 4.98 Å². The van der Waals surface area contributed by atoms with Crippen molar-refractivity contribution in [2.75, 3.05) is 0 Å². The summed E-state index contributed by atoms with van der Waals surface area (Å²) in [6.45, 7) is 0. The molecule has 1 spiro atoms. The summed E-state index contributed by atoms with van der Waals surface area (Å²) in [5, 5.41) is 9.92. The van der Waals surface area contributed by atoms with Gasteiger partial charge in [0, 0.05) is 22.5 Å². The van der Waals surface area contributed by atoms with Gasteiger partial charge in [-0.1, -0.05) is 170 Å². The van der Waals surface area contributed by atoms with E-state index in [9.17, 15) is 0 Å². The van der Waals surface area contributed by atoms with E-state index in [1.54, 1.807) is 0 Å². The van der Waals surface area contributed by atoms with Crippen LogP contribution in [-0.4, -0.2) is 9.97 Å². The number of nitrogens with zero attached hydrogens (tertiary/aromatic N) is 2. The van der Waals surface area contributed by atoms with Crippen LogP contribution in [0.5, 0.6) is 0 Å². The zero-order valence-electron chi connectivity index (χ0n) is 30.9. The smallest absolute Gasteiger partial charge is 0.0972 e. The van der Waals surface area contributed by atoms with Crippen molar-refractivity contribution < 1.29 is 0 Å². The molecular formula is C55H32N2. The molecule has 0 amide bonds. The van der Waals surface area contributed by atoms with Gasteiger partial charge in [-0.15, -0.1) is 0 Å². The van der Waals surface area contributed by atoms with Gasteiger partial charge in [0.1, 0.15) is 0 Å². The Hall–Kier alpha value is -7.42. The van der Waals surface area contributed by atoms with E-state index >= 15 is 0 Å². The second-order valence-corrected chi connectivity index (χ2v) is 15.6. The van der Waals surface area contributed by atoms with Crippen LogP contribution in [0.15, 0.2) is 194 Å². The van der Waals surface area contributed by atoms with E-state index < -0.39 is 5.41 Å². The summed E-state index contributed by atoms with van der Waals surface area (Å²) < 4.78 is 0. The van der Waals surface area contributed by atoms with Gasteiger partial charge in [0.05, 0.1) is 22.1 Å². The maximum absolute atomic E-state index is 5.27. The van der Waals surface area contributed by atoms with Crippen LogP contribution in [0, 0.1) is 0 Å². The monoisotopic (exact) mass is 720 g/mol. The fraction of sp³-hybridized carbons (Fsp3) is 0.0182. The van der Waals surface area contributed by atoms with Crippen LogP contribution in [0.4, 0.5) is 0 Å². The average Bonchev–Trinajstić information content (AvgIpc) is 3.77. The van der Waals surface area contributed by atoms with Crippen molar-refractivity contribution in [1.29, 1.82) is 0 Å². The lowest BCUT2D eigenvalue weighted by molar-refractivity contribution is 0.809. The molecule has 0 saturated carbocycles. The van der Waals surface area contributed by atoms with Gasteiger partial charge in [-0.05, 0) is 106 Å². The van der Waals surface area contributed by atoms with Gasteiger partial charge in [0.25, 0.3) is 0 Å². The van der Waals surface area contributed by atoms with Crippen LogP contribution in [0.1, 0.15) is 22.3 Å². The van der Waals surface area contributed by atoms with Crippen molar-refractivity contribution in [2.24, 2.45) is 0 Å². The largest absolute Gasteiger partial charge is 0.254 e. The normalized spacial score (nSPS) is 13.4. The summed E-state index contributed by atoms with van der Waals surface area (Å²) in [5.41, 5.74) is 16.5. The molecular weight excluding hydrogens is 689 g/mol. The van der Waals surface area contributed by atoms with Gasteiger partial charge in [0.15, 0.2) is 0 Å². The van der Waals surface area contributed by atoms with Crippen LogP contribution in [0.3, 0.4) is 0 Å². The Labute approximate surface area is 329 Å². The summed E-state index contributed by atoms with van der Waals surface area (Å²) in [4.78, 5) is 10.0. The molecule has 13 rings (SSSR count). The molecule has 0 radical (unpaired) electrons. The van der Waals surface area contributed by atoms with Gasteiger partial charge in [-0.2, -0.15) is 0 Å². The van der Waals surface area contributed by atoms with Crippen LogP contribution in [0.25, 0.3) is 98.8 Å². The van der Waals surface area contributed by atoms with Gasteiger partial charge >= 0.3 is 0 Å². The quantitative estimate of drug-likeness (QED) is 0.166. The number of hydrogen-bond acceptors (Lipinski definition) is 2. The minimum atomic E-state index is -0.494. The standard InChI is InChI=1S/C55H32N2/c1-4-18-43(49-30-27-34-24-23-33-12-11-31-56-53(33)54(34)57-49)37(13-1)35-25-28-38-36(32-35)26-29-46-50-44-19-5-2-14-39(44)40-15-3-6-20-45(40)52(50)55(51(38)46)47-21-9-7-16-41(47)42-17-8-10-22-48(42)55/h1-32H. The maximum atomic E-state index is 5.27. The first-order valence-electron chi connectivity index (χ1n) is 19.7. The lowest BCUT2D eigenvalue weighted by atomic mass is 9.68. The highest BCUT2D eigenvalue weighted by molar-refractivity contribution is 6.21. The minimum Gasteiger partial charge on any atom is -0.254 e. The van der Waals surface area contributed by atoms with E-state index in [1.165, 1.54) is 82.4 Å². The molecule has 2 aliphatic rings. The molecule has 2 aliphatic carbocycles. The number of aromatic nitrogens is 2. The molecule has 57 heavy (non-hydrogen) atoms. The predicted molar refractivity (Wildman–Crippen MR) is 237 cm³/mol. The molecule has 0 unspecified atom stereocenters. The van der Waals surface area contributed by atoms with Crippen molar-refractivity contribution >= 4 is 54.1 Å². The van der Waals surface area contributed by atoms with E-state index in [1.807, 2.05) is 12.3 Å². The van der Waals surface area contributed by atoms with Gasteiger partial charge in [-0.25, -0.2) is 4.98 Å². The molecule has 2 nitrogen and oxygen atoms in total. The molecule has 0 fully saturated rings. The molecule has 0 N–H and O–H groups in total. The van der Waals surface area contributed by atoms with Gasteiger partial charge in [0.2, 0.25) is 0 Å². The van der Waals surface area contributed by atoms with Crippen LogP contribution < -0.4 is 0 Å². The second-order valence-electron chi connectivity index (χ2n) is 15.6.